The predicted octanol–water partition coefficient (Wildman–Crippen LogP) is 2.91. The van der Waals surface area contributed by atoms with E-state index < -0.39 is 0 Å². The molecule has 0 N–H and O–H groups in total. The van der Waals surface area contributed by atoms with Gasteiger partial charge in [0.25, 0.3) is 0 Å². The molecule has 1 aliphatic heterocycles. The molecular formula is C10H9ClN2. The highest BCUT2D eigenvalue weighted by Crippen LogP contribution is 2.13. The van der Waals surface area contributed by atoms with Gasteiger partial charge in [-0.1, -0.05) is 23.7 Å². The topological polar surface area (TPSA) is 24.7 Å². The van der Waals surface area contributed by atoms with E-state index in [1.165, 1.54) is 0 Å². The van der Waals surface area contributed by atoms with Crippen molar-refractivity contribution in [2.75, 3.05) is 0 Å². The van der Waals surface area contributed by atoms with Crippen LogP contribution in [0.4, 0.5) is 0 Å². The number of benzene rings is 1. The lowest BCUT2D eigenvalue weighted by Crippen LogP contribution is -2.03. The maximum atomic E-state index is 5.78. The van der Waals surface area contributed by atoms with E-state index in [4.69, 9.17) is 11.6 Å². The molecule has 1 heterocycles. The van der Waals surface area contributed by atoms with Gasteiger partial charge in [-0.2, -0.15) is 10.2 Å². The van der Waals surface area contributed by atoms with Crippen LogP contribution in [0.25, 0.3) is 0 Å². The summed E-state index contributed by atoms with van der Waals surface area (Å²) >= 11 is 5.78. The molecule has 0 fully saturated rings. The van der Waals surface area contributed by atoms with Crippen molar-refractivity contribution in [2.24, 2.45) is 10.2 Å². The molecule has 3 heteroatoms. The Morgan fingerprint density at radius 2 is 1.92 bits per heavy atom. The number of hydrogen-bond acceptors (Lipinski definition) is 2. The van der Waals surface area contributed by atoms with Crippen molar-refractivity contribution < 1.29 is 0 Å². The largest absolute Gasteiger partial charge is 0.163 e. The van der Waals surface area contributed by atoms with Gasteiger partial charge in [0.1, 0.15) is 0 Å². The number of rotatable bonds is 1. The summed E-state index contributed by atoms with van der Waals surface area (Å²) in [6, 6.07) is 7.69. The van der Waals surface area contributed by atoms with Crippen molar-refractivity contribution in [3.05, 3.63) is 34.9 Å². The molecule has 1 aliphatic rings. The van der Waals surface area contributed by atoms with Crippen LogP contribution in [0, 0.1) is 0 Å². The monoisotopic (exact) mass is 192 g/mol. The second kappa shape index (κ2) is 3.71. The standard InChI is InChI=1S/C10H9ClN2/c11-9-5-3-8(4-6-9)10-2-1-7-12-13-10/h3-7H,1-2H2. The number of halogens is 1. The van der Waals surface area contributed by atoms with E-state index in [1.54, 1.807) is 0 Å². The van der Waals surface area contributed by atoms with Gasteiger partial charge in [0, 0.05) is 11.2 Å². The third kappa shape index (κ3) is 1.95. The first-order valence-electron chi connectivity index (χ1n) is 4.20. The van der Waals surface area contributed by atoms with E-state index in [0.29, 0.717) is 0 Å². The van der Waals surface area contributed by atoms with E-state index in [9.17, 15) is 0 Å². The highest BCUT2D eigenvalue weighted by atomic mass is 35.5. The summed E-state index contributed by atoms with van der Waals surface area (Å²) in [5.74, 6) is 0. The van der Waals surface area contributed by atoms with E-state index in [0.717, 1.165) is 29.1 Å². The van der Waals surface area contributed by atoms with Crippen LogP contribution in [0.3, 0.4) is 0 Å². The molecule has 13 heavy (non-hydrogen) atoms. The first-order chi connectivity index (χ1) is 6.36. The Labute approximate surface area is 81.9 Å². The lowest BCUT2D eigenvalue weighted by molar-refractivity contribution is 1.06. The molecule has 2 nitrogen and oxygen atoms in total. The Hall–Kier alpha value is -1.15. The van der Waals surface area contributed by atoms with Crippen LogP contribution in [-0.4, -0.2) is 11.9 Å². The summed E-state index contributed by atoms with van der Waals surface area (Å²) in [6.45, 7) is 0. The quantitative estimate of drug-likeness (QED) is 0.654. The lowest BCUT2D eigenvalue weighted by Gasteiger charge is -2.06. The van der Waals surface area contributed by atoms with Crippen LogP contribution < -0.4 is 0 Å². The van der Waals surface area contributed by atoms with E-state index in [1.807, 2.05) is 30.5 Å². The second-order valence-electron chi connectivity index (χ2n) is 2.89. The molecule has 0 aliphatic carbocycles. The first-order valence-corrected chi connectivity index (χ1v) is 4.58. The van der Waals surface area contributed by atoms with Crippen molar-refractivity contribution in [3.8, 4) is 0 Å². The molecule has 1 aromatic carbocycles. The van der Waals surface area contributed by atoms with Crippen molar-refractivity contribution in [1.82, 2.24) is 0 Å². The van der Waals surface area contributed by atoms with Crippen LogP contribution in [0.1, 0.15) is 18.4 Å². The number of nitrogens with zero attached hydrogens (tertiary/aromatic N) is 2. The molecule has 0 bridgehead atoms. The molecule has 66 valence electrons. The Balaban J connectivity index is 2.30. The molecule has 0 atom stereocenters. The summed E-state index contributed by atoms with van der Waals surface area (Å²) in [5, 5.41) is 8.71. The highest BCUT2D eigenvalue weighted by molar-refractivity contribution is 6.30. The minimum Gasteiger partial charge on any atom is -0.163 e. The van der Waals surface area contributed by atoms with Crippen molar-refractivity contribution in [1.29, 1.82) is 0 Å². The van der Waals surface area contributed by atoms with Gasteiger partial charge in [-0.3, -0.25) is 0 Å². The minimum absolute atomic E-state index is 0.753. The third-order valence-corrected chi connectivity index (χ3v) is 2.20. The van der Waals surface area contributed by atoms with Gasteiger partial charge < -0.3 is 0 Å². The summed E-state index contributed by atoms with van der Waals surface area (Å²) < 4.78 is 0. The highest BCUT2D eigenvalue weighted by Gasteiger charge is 2.05. The molecule has 0 spiro atoms. The predicted molar refractivity (Wildman–Crippen MR) is 55.7 cm³/mol. The normalized spacial score (nSPS) is 15.6. The Bertz CT molecular complexity index is 352. The van der Waals surface area contributed by atoms with Gasteiger partial charge in [-0.05, 0) is 30.5 Å². The Morgan fingerprint density at radius 3 is 2.54 bits per heavy atom. The molecule has 0 radical (unpaired) electrons. The van der Waals surface area contributed by atoms with Crippen LogP contribution in [0.5, 0.6) is 0 Å². The van der Waals surface area contributed by atoms with Crippen molar-refractivity contribution >= 4 is 23.5 Å². The van der Waals surface area contributed by atoms with Gasteiger partial charge in [-0.25, -0.2) is 0 Å². The summed E-state index contributed by atoms with van der Waals surface area (Å²) in [5.41, 5.74) is 2.15. The van der Waals surface area contributed by atoms with Crippen LogP contribution in [0.15, 0.2) is 34.5 Å². The fourth-order valence-electron chi connectivity index (χ4n) is 1.26. The SMILES string of the molecule is Clc1ccc(C2=NN=CCC2)cc1. The van der Waals surface area contributed by atoms with Gasteiger partial charge in [0.2, 0.25) is 0 Å². The van der Waals surface area contributed by atoms with Crippen molar-refractivity contribution in [2.45, 2.75) is 12.8 Å². The summed E-state index contributed by atoms with van der Waals surface area (Å²) in [7, 11) is 0. The maximum absolute atomic E-state index is 5.78. The third-order valence-electron chi connectivity index (χ3n) is 1.95. The maximum Gasteiger partial charge on any atom is 0.0706 e. The molecular weight excluding hydrogens is 184 g/mol. The van der Waals surface area contributed by atoms with Gasteiger partial charge in [0.15, 0.2) is 0 Å². The Kier molecular flexibility index (Phi) is 2.41. The average Bonchev–Trinajstić information content (AvgIpc) is 2.20. The molecule has 0 saturated carbocycles. The zero-order chi connectivity index (χ0) is 9.10. The fourth-order valence-corrected chi connectivity index (χ4v) is 1.39. The lowest BCUT2D eigenvalue weighted by atomic mass is 10.1. The first kappa shape index (κ1) is 8.45. The molecule has 0 unspecified atom stereocenters. The van der Waals surface area contributed by atoms with E-state index >= 15 is 0 Å². The Morgan fingerprint density at radius 1 is 1.15 bits per heavy atom. The van der Waals surface area contributed by atoms with E-state index in [-0.39, 0.29) is 0 Å². The van der Waals surface area contributed by atoms with Crippen LogP contribution in [-0.2, 0) is 0 Å². The molecule has 1 aromatic rings. The fraction of sp³-hybridized carbons (Fsp3) is 0.200. The second-order valence-corrected chi connectivity index (χ2v) is 3.33. The van der Waals surface area contributed by atoms with E-state index in [2.05, 4.69) is 10.2 Å². The molecule has 2 rings (SSSR count). The summed E-state index contributed by atoms with van der Waals surface area (Å²) in [6.07, 6.45) is 3.77. The smallest absolute Gasteiger partial charge is 0.0706 e. The van der Waals surface area contributed by atoms with Gasteiger partial charge in [-0.15, -0.1) is 0 Å². The summed E-state index contributed by atoms with van der Waals surface area (Å²) in [4.78, 5) is 0. The minimum atomic E-state index is 0.753. The van der Waals surface area contributed by atoms with Crippen LogP contribution in [0.2, 0.25) is 5.02 Å². The molecule has 0 amide bonds. The molecule has 0 saturated heterocycles. The molecule has 0 aromatic heterocycles. The zero-order valence-electron chi connectivity index (χ0n) is 7.07. The van der Waals surface area contributed by atoms with Gasteiger partial charge >= 0.3 is 0 Å². The van der Waals surface area contributed by atoms with Crippen molar-refractivity contribution in [3.63, 3.8) is 0 Å². The van der Waals surface area contributed by atoms with Gasteiger partial charge in [0.05, 0.1) is 5.71 Å². The van der Waals surface area contributed by atoms with Crippen LogP contribution >= 0.6 is 11.6 Å². The zero-order valence-corrected chi connectivity index (χ0v) is 7.83. The number of hydrogen-bond donors (Lipinski definition) is 0. The average molecular weight is 193 g/mol.